The zero-order chi connectivity index (χ0) is 69.2. The molecule has 93 heavy (non-hydrogen) atoms. The normalized spacial score (nSPS) is 10.3. The molecule has 500 valence electrons. The SMILES string of the molecule is CCC(=N)CCCn1ccc(=O)[nH]c1=O.CCCCn1ccc(=O)[nH]c1=O.CN(CCOc1cccc2c1Nc1[nH]c(=S)ncc1O2)C(=N)N.Cn1ccc(=O)[nH]c1=O.N=C(N)CCCn1ccc(=O)[nH]c1=O.NCCn1c(N)cc(=O)[nH]c1=O.O=c1cc[nH]c(=O)[nH]1. The van der Waals surface area contributed by atoms with E-state index in [4.69, 9.17) is 60.9 Å². The Balaban J connectivity index is 0.000000291. The van der Waals surface area contributed by atoms with Gasteiger partial charge in [-0.2, -0.15) is 0 Å². The molecule has 1 aromatic carbocycles. The van der Waals surface area contributed by atoms with E-state index in [1.54, 1.807) is 25.2 Å². The van der Waals surface area contributed by atoms with E-state index in [0.29, 0.717) is 104 Å². The second-order valence-electron chi connectivity index (χ2n) is 19.2. The average molecular weight is 1310 g/mol. The number of nitrogens with zero attached hydrogens (tertiary/aromatic N) is 7. The van der Waals surface area contributed by atoms with Crippen LogP contribution in [0.4, 0.5) is 17.3 Å². The molecule has 0 unspecified atom stereocenters. The van der Waals surface area contributed by atoms with Crippen LogP contribution in [0.3, 0.4) is 0 Å². The second kappa shape index (κ2) is 39.2. The second-order valence-corrected chi connectivity index (χ2v) is 19.6. The van der Waals surface area contributed by atoms with Crippen molar-refractivity contribution in [1.82, 2.24) is 72.6 Å². The van der Waals surface area contributed by atoms with Gasteiger partial charge in [0, 0.05) is 126 Å². The fraction of sp³-hybridized carbons (Fsp3) is 0.327. The van der Waals surface area contributed by atoms with E-state index in [0.717, 1.165) is 31.7 Å². The smallest absolute Gasteiger partial charge is 0.329 e. The van der Waals surface area contributed by atoms with Gasteiger partial charge in [0.25, 0.3) is 33.4 Å². The number of nitrogens with one attached hydrogen (secondary N) is 12. The summed E-state index contributed by atoms with van der Waals surface area (Å²) in [6.07, 6.45) is 14.0. The maximum Gasteiger partial charge on any atom is 0.329 e. The number of aryl methyl sites for hydroxylation is 4. The van der Waals surface area contributed by atoms with E-state index in [9.17, 15) is 57.5 Å². The number of nitrogens with two attached hydrogens (primary N) is 4. The lowest BCUT2D eigenvalue weighted by molar-refractivity contribution is 0.283. The molecule has 0 atom stereocenters. The number of aromatic nitrogens is 14. The van der Waals surface area contributed by atoms with E-state index < -0.39 is 28.2 Å². The van der Waals surface area contributed by atoms with E-state index >= 15 is 0 Å². The zero-order valence-corrected chi connectivity index (χ0v) is 51.9. The van der Waals surface area contributed by atoms with Gasteiger partial charge in [-0.25, -0.2) is 33.8 Å². The van der Waals surface area contributed by atoms with Crippen LogP contribution in [-0.4, -0.2) is 117 Å². The van der Waals surface area contributed by atoms with Gasteiger partial charge in [-0.1, -0.05) is 26.3 Å². The number of benzene rings is 1. The van der Waals surface area contributed by atoms with Crippen molar-refractivity contribution < 1.29 is 9.47 Å². The summed E-state index contributed by atoms with van der Waals surface area (Å²) in [5, 5.41) is 25.0. The first-order valence-corrected chi connectivity index (χ1v) is 28.5. The Morgan fingerprint density at radius 1 is 0.645 bits per heavy atom. The number of H-pyrrole nitrogens is 8. The minimum absolute atomic E-state index is 0.000786. The van der Waals surface area contributed by atoms with Crippen molar-refractivity contribution in [3.05, 3.63) is 222 Å². The molecular weight excluding hydrogens is 1240 g/mol. The van der Waals surface area contributed by atoms with E-state index in [1.807, 2.05) is 30.1 Å². The minimum Gasteiger partial charge on any atom is -0.489 e. The Hall–Kier alpha value is -11.8. The number of hydrogen-bond acceptors (Lipinski definition) is 22. The molecule has 8 aromatic rings. The van der Waals surface area contributed by atoms with Crippen LogP contribution in [-0.2, 0) is 33.2 Å². The molecule has 0 saturated heterocycles. The fourth-order valence-corrected chi connectivity index (χ4v) is 7.24. The number of hydrogen-bond donors (Lipinski definition) is 16. The number of anilines is 3. The molecule has 38 heteroatoms. The maximum atomic E-state index is 11.2. The van der Waals surface area contributed by atoms with Gasteiger partial charge in [-0.05, 0) is 56.5 Å². The lowest BCUT2D eigenvalue weighted by Crippen LogP contribution is -2.35. The van der Waals surface area contributed by atoms with Gasteiger partial charge in [-0.3, -0.25) is 74.1 Å². The largest absolute Gasteiger partial charge is 0.489 e. The monoisotopic (exact) mass is 1310 g/mol. The number of rotatable bonds is 18. The summed E-state index contributed by atoms with van der Waals surface area (Å²) in [5.74, 6) is 2.72. The van der Waals surface area contributed by atoms with E-state index in [1.165, 1.54) is 84.2 Å². The first kappa shape index (κ1) is 75.4. The van der Waals surface area contributed by atoms with Crippen molar-refractivity contribution in [3.8, 4) is 17.2 Å². The molecule has 0 bridgehead atoms. The quantitative estimate of drug-likeness (QED) is 0.0271. The predicted octanol–water partition coefficient (Wildman–Crippen LogP) is -1.26. The van der Waals surface area contributed by atoms with Crippen LogP contribution in [0.5, 0.6) is 17.2 Å². The van der Waals surface area contributed by atoms with Gasteiger partial charge >= 0.3 is 34.1 Å². The Kier molecular flexibility index (Phi) is 31.8. The van der Waals surface area contributed by atoms with Crippen molar-refractivity contribution >= 4 is 47.0 Å². The van der Waals surface area contributed by atoms with Crippen molar-refractivity contribution in [2.45, 2.75) is 85.0 Å². The summed E-state index contributed by atoms with van der Waals surface area (Å²) in [6, 6.07) is 13.2. The first-order valence-electron chi connectivity index (χ1n) is 28.1. The van der Waals surface area contributed by atoms with Crippen LogP contribution in [0, 0.1) is 21.0 Å². The number of likely N-dealkylation sites (N-methyl/N-ethyl adjacent to an activating group) is 1. The lowest BCUT2D eigenvalue weighted by atomic mass is 10.2. The number of fused-ring (bicyclic) bond motifs is 2. The van der Waals surface area contributed by atoms with Gasteiger partial charge in [0.05, 0.1) is 18.6 Å². The van der Waals surface area contributed by atoms with Gasteiger partial charge in [-0.15, -0.1) is 0 Å². The summed E-state index contributed by atoms with van der Waals surface area (Å²) in [7, 11) is 3.30. The Morgan fingerprint density at radius 3 is 1.63 bits per heavy atom. The van der Waals surface area contributed by atoms with Gasteiger partial charge < -0.3 is 76.3 Å². The molecule has 7 aromatic heterocycles. The highest BCUT2D eigenvalue weighted by molar-refractivity contribution is 7.71. The molecule has 20 N–H and O–H groups in total. The molecule has 1 aliphatic heterocycles. The molecule has 0 radical (unpaired) electrons. The molecular formula is C55H75N23O14S. The average Bonchev–Trinajstić information content (AvgIpc) is 0.802. The molecule has 0 saturated carbocycles. The molecule has 0 aliphatic carbocycles. The third kappa shape index (κ3) is 28.0. The molecule has 8 heterocycles. The molecule has 9 rings (SSSR count). The highest BCUT2D eigenvalue weighted by Gasteiger charge is 2.21. The fourth-order valence-electron chi connectivity index (χ4n) is 7.08. The molecule has 37 nitrogen and oxygen atoms in total. The molecule has 0 amide bonds. The molecule has 0 fully saturated rings. The summed E-state index contributed by atoms with van der Waals surface area (Å²) < 4.78 is 18.8. The number of amidine groups is 1. The number of nitrogen functional groups attached to an aromatic ring is 1. The van der Waals surface area contributed by atoms with Crippen LogP contribution >= 0.6 is 12.2 Å². The zero-order valence-electron chi connectivity index (χ0n) is 51.1. The summed E-state index contributed by atoms with van der Waals surface area (Å²) in [6.45, 7) is 7.15. The topological polar surface area (TPSA) is 578 Å². The number of aromatic amines is 8. The molecule has 1 aliphatic rings. The van der Waals surface area contributed by atoms with Gasteiger partial charge in [0.15, 0.2) is 28.0 Å². The van der Waals surface area contributed by atoms with Crippen molar-refractivity contribution in [1.29, 1.82) is 16.2 Å². The third-order valence-electron chi connectivity index (χ3n) is 12.0. The first-order chi connectivity index (χ1) is 44.1. The van der Waals surface area contributed by atoms with Crippen LogP contribution in [0.25, 0.3) is 0 Å². The Labute approximate surface area is 529 Å². The van der Waals surface area contributed by atoms with Crippen LogP contribution in [0.1, 0.15) is 58.8 Å². The highest BCUT2D eigenvalue weighted by Crippen LogP contribution is 2.45. The Bertz CT molecular complexity index is 4560. The number of para-hydroxylation sites is 1. The van der Waals surface area contributed by atoms with Crippen LogP contribution < -0.4 is 105 Å². The lowest BCUT2D eigenvalue weighted by Gasteiger charge is -2.23. The van der Waals surface area contributed by atoms with Gasteiger partial charge in [0.2, 0.25) is 0 Å². The number of unbranched alkanes of at least 4 members (excludes halogenated alkanes) is 1. The van der Waals surface area contributed by atoms with E-state index in [2.05, 4.69) is 52.1 Å². The predicted molar refractivity (Wildman–Crippen MR) is 351 cm³/mol. The summed E-state index contributed by atoms with van der Waals surface area (Å²) in [4.78, 5) is 152. The number of ether oxygens (including phenoxy) is 2. The van der Waals surface area contributed by atoms with Crippen molar-refractivity contribution in [2.75, 3.05) is 37.8 Å². The molecule has 0 spiro atoms. The van der Waals surface area contributed by atoms with Crippen molar-refractivity contribution in [2.24, 2.45) is 24.2 Å². The highest BCUT2D eigenvalue weighted by atomic mass is 32.1. The van der Waals surface area contributed by atoms with Crippen molar-refractivity contribution in [3.63, 3.8) is 0 Å². The summed E-state index contributed by atoms with van der Waals surface area (Å²) in [5.41, 5.74) is 17.7. The standard InChI is InChI=1S/C14H16N6O2S.C10H15N3O2.C8H12N4O2.C8H12N2O2.C6H10N4O2.C5H6N2O2.C4H4N2O2/c1-20(13(15)16)5-6-21-8-3-2-4-9-11(8)18-12-10(22-9)7-17-14(23)19-12;1-2-8(11)4-3-6-13-7-5-9(14)12-10(13)15;9-6(10)2-1-4-12-5-3-7(13)11-8(12)14;1-2-3-5-10-6-4-7(11)9-8(10)12;7-1-2-10-4(8)3-5(11)9-6(10)12;1-7-3-2-4(8)6-5(7)9;7-3-1-2-5-4(8)6-3/h2-4,7H,5-6H2,1H3,(H3,15,16)(H2,17,18,19,23);5,7,11H,2-4,6H2,1H3,(H,12,14,15);3,5H,1-2,4H2,(H3,9,10)(H,11,13,14);4,6H,2-3,5H2,1H3,(H,9,11,12);3H,1-2,7-8H2,(H,9,11,12);2-3H,1H3,(H,6,8,9);1-2H,(H2,5,6,7,8). The van der Waals surface area contributed by atoms with Crippen LogP contribution in [0.15, 0.2) is 149 Å². The maximum absolute atomic E-state index is 11.2. The number of guanidine groups is 1. The van der Waals surface area contributed by atoms with Crippen LogP contribution in [0.2, 0.25) is 0 Å². The third-order valence-corrected chi connectivity index (χ3v) is 12.2. The minimum atomic E-state index is -0.523. The summed E-state index contributed by atoms with van der Waals surface area (Å²) >= 11 is 5.02. The Morgan fingerprint density at radius 2 is 1.17 bits per heavy atom. The van der Waals surface area contributed by atoms with E-state index in [-0.39, 0.29) is 56.9 Å². The van der Waals surface area contributed by atoms with Gasteiger partial charge in [0.1, 0.15) is 23.9 Å².